The van der Waals surface area contributed by atoms with Gasteiger partial charge in [0.05, 0.1) is 23.1 Å². The van der Waals surface area contributed by atoms with Gasteiger partial charge in [0, 0.05) is 19.3 Å². The third kappa shape index (κ3) is 2.79. The second-order valence-corrected chi connectivity index (χ2v) is 4.67. The molecule has 2 N–H and O–H groups in total. The van der Waals surface area contributed by atoms with Gasteiger partial charge in [-0.25, -0.2) is 4.39 Å². The summed E-state index contributed by atoms with van der Waals surface area (Å²) in [4.78, 5) is 12.2. The number of aromatic nitrogens is 2. The number of rotatable bonds is 4. The normalized spacial score (nSPS) is 10.7. The van der Waals surface area contributed by atoms with Crippen LogP contribution in [-0.4, -0.2) is 22.7 Å². The number of hydrogen-bond donors (Lipinski definition) is 2. The molecule has 2 aromatic rings. The van der Waals surface area contributed by atoms with E-state index < -0.39 is 5.82 Å². The van der Waals surface area contributed by atoms with Crippen molar-refractivity contribution in [2.75, 3.05) is 17.7 Å². The minimum absolute atomic E-state index is 0.182. The maximum Gasteiger partial charge on any atom is 0.257 e. The molecule has 1 heterocycles. The third-order valence-electron chi connectivity index (χ3n) is 2.90. The minimum Gasteiger partial charge on any atom is -0.385 e. The zero-order valence-corrected chi connectivity index (χ0v) is 11.6. The molecule has 5 nitrogen and oxygen atoms in total. The van der Waals surface area contributed by atoms with Gasteiger partial charge in [0.1, 0.15) is 5.82 Å². The molecule has 0 aliphatic rings. The van der Waals surface area contributed by atoms with E-state index in [4.69, 9.17) is 0 Å². The van der Waals surface area contributed by atoms with E-state index in [9.17, 15) is 9.18 Å². The maximum atomic E-state index is 13.6. The molecule has 0 spiro atoms. The van der Waals surface area contributed by atoms with Crippen LogP contribution in [0.5, 0.6) is 0 Å². The summed E-state index contributed by atoms with van der Waals surface area (Å²) in [6, 6.07) is 4.58. The molecular formula is C14H17FN4O. The predicted octanol–water partition coefficient (Wildman–Crippen LogP) is 2.90. The first-order chi connectivity index (χ1) is 9.52. The minimum atomic E-state index is -0.460. The predicted molar refractivity (Wildman–Crippen MR) is 76.5 cm³/mol. The molecule has 0 saturated carbocycles. The van der Waals surface area contributed by atoms with Crippen LogP contribution in [-0.2, 0) is 0 Å². The lowest BCUT2D eigenvalue weighted by Crippen LogP contribution is -2.14. The second kappa shape index (κ2) is 5.73. The Kier molecular flexibility index (Phi) is 4.02. The fourth-order valence-corrected chi connectivity index (χ4v) is 1.85. The first kappa shape index (κ1) is 14.0. The van der Waals surface area contributed by atoms with E-state index in [-0.39, 0.29) is 23.2 Å². The van der Waals surface area contributed by atoms with Crippen molar-refractivity contribution in [3.05, 3.63) is 42.0 Å². The smallest absolute Gasteiger partial charge is 0.257 e. The number of hydrogen-bond acceptors (Lipinski definition) is 3. The first-order valence-electron chi connectivity index (χ1n) is 6.34. The van der Waals surface area contributed by atoms with Crippen molar-refractivity contribution in [2.45, 2.75) is 19.9 Å². The molecule has 0 atom stereocenters. The highest BCUT2D eigenvalue weighted by Crippen LogP contribution is 2.20. The van der Waals surface area contributed by atoms with Crippen molar-refractivity contribution < 1.29 is 9.18 Å². The van der Waals surface area contributed by atoms with Gasteiger partial charge in [0.25, 0.3) is 5.91 Å². The molecule has 0 aliphatic heterocycles. The van der Waals surface area contributed by atoms with Gasteiger partial charge in [-0.1, -0.05) is 6.07 Å². The first-order valence-corrected chi connectivity index (χ1v) is 6.34. The number of halogens is 1. The molecule has 1 aromatic heterocycles. The molecule has 2 rings (SSSR count). The lowest BCUT2D eigenvalue weighted by Gasteiger charge is -2.09. The van der Waals surface area contributed by atoms with Crippen molar-refractivity contribution in [2.24, 2.45) is 0 Å². The average Bonchev–Trinajstić information content (AvgIpc) is 2.87. The Morgan fingerprint density at radius 3 is 2.75 bits per heavy atom. The van der Waals surface area contributed by atoms with Crippen molar-refractivity contribution in [3.63, 3.8) is 0 Å². The Hall–Kier alpha value is -2.37. The van der Waals surface area contributed by atoms with Crippen molar-refractivity contribution in [1.29, 1.82) is 0 Å². The molecule has 1 aromatic carbocycles. The molecular weight excluding hydrogens is 259 g/mol. The van der Waals surface area contributed by atoms with Gasteiger partial charge in [0.15, 0.2) is 0 Å². The number of benzene rings is 1. The summed E-state index contributed by atoms with van der Waals surface area (Å²) in [6.45, 7) is 3.98. The van der Waals surface area contributed by atoms with Crippen LogP contribution in [0.4, 0.5) is 15.8 Å². The van der Waals surface area contributed by atoms with Gasteiger partial charge >= 0.3 is 0 Å². The zero-order valence-electron chi connectivity index (χ0n) is 11.6. The van der Waals surface area contributed by atoms with Crippen LogP contribution in [0.2, 0.25) is 0 Å². The summed E-state index contributed by atoms with van der Waals surface area (Å²) in [5, 5.41) is 9.54. The Morgan fingerprint density at radius 2 is 2.15 bits per heavy atom. The molecule has 6 heteroatoms. The fraction of sp³-hybridized carbons (Fsp3) is 0.286. The summed E-state index contributed by atoms with van der Waals surface area (Å²) < 4.78 is 15.3. The van der Waals surface area contributed by atoms with E-state index in [1.165, 1.54) is 12.1 Å². The Morgan fingerprint density at radius 1 is 1.40 bits per heavy atom. The molecule has 0 saturated heterocycles. The molecule has 20 heavy (non-hydrogen) atoms. The number of nitrogens with zero attached hydrogens (tertiary/aromatic N) is 2. The van der Waals surface area contributed by atoms with Crippen LogP contribution < -0.4 is 10.6 Å². The van der Waals surface area contributed by atoms with Gasteiger partial charge in [-0.3, -0.25) is 9.48 Å². The van der Waals surface area contributed by atoms with Gasteiger partial charge in [-0.2, -0.15) is 5.10 Å². The monoisotopic (exact) mass is 276 g/mol. The van der Waals surface area contributed by atoms with E-state index in [2.05, 4.69) is 15.7 Å². The third-order valence-corrected chi connectivity index (χ3v) is 2.90. The van der Waals surface area contributed by atoms with Crippen LogP contribution in [0.15, 0.2) is 30.6 Å². The average molecular weight is 276 g/mol. The Balaban J connectivity index is 2.21. The second-order valence-electron chi connectivity index (χ2n) is 4.67. The number of amides is 1. The van der Waals surface area contributed by atoms with E-state index in [0.29, 0.717) is 5.69 Å². The quantitative estimate of drug-likeness (QED) is 0.902. The van der Waals surface area contributed by atoms with Crippen molar-refractivity contribution >= 4 is 17.3 Å². The van der Waals surface area contributed by atoms with Crippen molar-refractivity contribution in [1.82, 2.24) is 9.78 Å². The van der Waals surface area contributed by atoms with Crippen LogP contribution >= 0.6 is 0 Å². The fourth-order valence-electron chi connectivity index (χ4n) is 1.85. The summed E-state index contributed by atoms with van der Waals surface area (Å²) in [5.41, 5.74) is 1.01. The number of carbonyl (C=O) groups is 1. The van der Waals surface area contributed by atoms with Crippen LogP contribution in [0, 0.1) is 5.82 Å². The summed E-state index contributed by atoms with van der Waals surface area (Å²) >= 11 is 0. The maximum absolute atomic E-state index is 13.6. The number of nitrogens with one attached hydrogen (secondary N) is 2. The molecule has 106 valence electrons. The highest BCUT2D eigenvalue weighted by molar-refractivity contribution is 6.08. The highest BCUT2D eigenvalue weighted by Gasteiger charge is 2.15. The van der Waals surface area contributed by atoms with Crippen LogP contribution in [0.3, 0.4) is 0 Å². The van der Waals surface area contributed by atoms with Gasteiger partial charge < -0.3 is 10.6 Å². The highest BCUT2D eigenvalue weighted by atomic mass is 19.1. The van der Waals surface area contributed by atoms with Gasteiger partial charge in [0.2, 0.25) is 0 Å². The molecule has 1 amide bonds. The number of carbonyl (C=O) groups excluding carboxylic acids is 1. The summed E-state index contributed by atoms with van der Waals surface area (Å²) in [7, 11) is 1.58. The summed E-state index contributed by atoms with van der Waals surface area (Å²) in [5.74, 6) is -0.838. The van der Waals surface area contributed by atoms with Crippen LogP contribution in [0.25, 0.3) is 0 Å². The SMILES string of the molecule is CNc1c(F)cccc1C(=O)Nc1cnn(C(C)C)c1. The summed E-state index contributed by atoms with van der Waals surface area (Å²) in [6.07, 6.45) is 3.30. The van der Waals surface area contributed by atoms with E-state index >= 15 is 0 Å². The molecule has 0 bridgehead atoms. The van der Waals surface area contributed by atoms with E-state index in [0.717, 1.165) is 0 Å². The largest absolute Gasteiger partial charge is 0.385 e. The standard InChI is InChI=1S/C14H17FN4O/c1-9(2)19-8-10(7-17-19)18-14(20)11-5-4-6-12(15)13(11)16-3/h4-9,16H,1-3H3,(H,18,20). The number of anilines is 2. The van der Waals surface area contributed by atoms with E-state index in [1.807, 2.05) is 13.8 Å². The zero-order chi connectivity index (χ0) is 14.7. The molecule has 0 fully saturated rings. The van der Waals surface area contributed by atoms with Gasteiger partial charge in [-0.05, 0) is 26.0 Å². The lowest BCUT2D eigenvalue weighted by molar-refractivity contribution is 0.102. The molecule has 0 radical (unpaired) electrons. The number of para-hydroxylation sites is 1. The molecule has 0 unspecified atom stereocenters. The Bertz CT molecular complexity index is 621. The van der Waals surface area contributed by atoms with Gasteiger partial charge in [-0.15, -0.1) is 0 Å². The lowest BCUT2D eigenvalue weighted by atomic mass is 10.1. The van der Waals surface area contributed by atoms with Crippen molar-refractivity contribution in [3.8, 4) is 0 Å². The topological polar surface area (TPSA) is 59.0 Å². The Labute approximate surface area is 116 Å². The van der Waals surface area contributed by atoms with E-state index in [1.54, 1.807) is 30.2 Å². The molecule has 0 aliphatic carbocycles. The van der Waals surface area contributed by atoms with Crippen LogP contribution in [0.1, 0.15) is 30.2 Å².